The highest BCUT2D eigenvalue weighted by molar-refractivity contribution is 8.14. The number of amides is 1. The van der Waals surface area contributed by atoms with Crippen LogP contribution in [0.2, 0.25) is 0 Å². The zero-order valence-corrected chi connectivity index (χ0v) is 17.2. The number of anilines is 1. The lowest BCUT2D eigenvalue weighted by molar-refractivity contribution is -0.139. The number of para-hydroxylation sites is 1. The summed E-state index contributed by atoms with van der Waals surface area (Å²) in [4.78, 5) is 29.4. The van der Waals surface area contributed by atoms with Gasteiger partial charge in [-0.05, 0) is 31.5 Å². The largest absolute Gasteiger partial charge is 0.463 e. The lowest BCUT2D eigenvalue weighted by atomic mass is 9.97. The van der Waals surface area contributed by atoms with Gasteiger partial charge >= 0.3 is 5.97 Å². The lowest BCUT2D eigenvalue weighted by Gasteiger charge is -2.25. The van der Waals surface area contributed by atoms with Gasteiger partial charge in [-0.1, -0.05) is 60.3 Å². The van der Waals surface area contributed by atoms with Crippen LogP contribution in [-0.2, 0) is 14.3 Å². The first kappa shape index (κ1) is 20.7. The first-order valence-corrected chi connectivity index (χ1v) is 10.3. The highest BCUT2D eigenvalue weighted by Crippen LogP contribution is 2.32. The maximum absolute atomic E-state index is 12.5. The quantitative estimate of drug-likeness (QED) is 0.708. The second kappa shape index (κ2) is 9.93. The summed E-state index contributed by atoms with van der Waals surface area (Å²) in [5.74, 6) is -0.315. The van der Waals surface area contributed by atoms with Gasteiger partial charge < -0.3 is 15.4 Å². The van der Waals surface area contributed by atoms with Gasteiger partial charge in [0, 0.05) is 11.4 Å². The summed E-state index contributed by atoms with van der Waals surface area (Å²) in [6.45, 7) is 3.89. The highest BCUT2D eigenvalue weighted by atomic mass is 32.2. The molecular weight excluding hydrogens is 386 g/mol. The fourth-order valence-corrected chi connectivity index (χ4v) is 3.67. The van der Waals surface area contributed by atoms with Crippen molar-refractivity contribution in [3.8, 4) is 0 Å². The number of esters is 1. The normalized spacial score (nSPS) is 15.9. The van der Waals surface area contributed by atoms with Crippen molar-refractivity contribution in [3.05, 3.63) is 77.5 Å². The fourth-order valence-electron chi connectivity index (χ4n) is 2.92. The number of amidine groups is 1. The van der Waals surface area contributed by atoms with Crippen LogP contribution in [0.25, 0.3) is 0 Å². The maximum Gasteiger partial charge on any atom is 0.338 e. The van der Waals surface area contributed by atoms with Gasteiger partial charge in [-0.25, -0.2) is 9.79 Å². The Hall–Kier alpha value is -3.06. The van der Waals surface area contributed by atoms with E-state index in [1.165, 1.54) is 11.8 Å². The van der Waals surface area contributed by atoms with Gasteiger partial charge in [-0.15, -0.1) is 0 Å². The molecular formula is C22H23N3O3S. The molecule has 0 radical (unpaired) electrons. The van der Waals surface area contributed by atoms with Crippen LogP contribution in [0, 0.1) is 0 Å². The summed E-state index contributed by atoms with van der Waals surface area (Å²) >= 11 is 1.29. The number of thioether (sulfide) groups is 1. The third-order valence-corrected chi connectivity index (χ3v) is 5.11. The van der Waals surface area contributed by atoms with E-state index in [2.05, 4.69) is 10.6 Å². The molecule has 0 fully saturated rings. The number of benzene rings is 2. The van der Waals surface area contributed by atoms with Crippen LogP contribution in [0.5, 0.6) is 0 Å². The van der Waals surface area contributed by atoms with Gasteiger partial charge in [0.25, 0.3) is 0 Å². The molecule has 2 aromatic rings. The summed E-state index contributed by atoms with van der Waals surface area (Å²) in [7, 11) is 0. The molecule has 29 heavy (non-hydrogen) atoms. The second-order valence-electron chi connectivity index (χ2n) is 6.33. The second-order valence-corrected chi connectivity index (χ2v) is 7.30. The van der Waals surface area contributed by atoms with Gasteiger partial charge in [-0.2, -0.15) is 0 Å². The van der Waals surface area contributed by atoms with E-state index in [-0.39, 0.29) is 17.6 Å². The van der Waals surface area contributed by atoms with E-state index in [0.29, 0.717) is 23.0 Å². The average molecular weight is 410 g/mol. The molecule has 2 N–H and O–H groups in total. The summed E-state index contributed by atoms with van der Waals surface area (Å²) in [6.07, 6.45) is 0. The molecule has 1 aliphatic rings. The van der Waals surface area contributed by atoms with E-state index < -0.39 is 6.04 Å². The molecule has 1 amide bonds. The van der Waals surface area contributed by atoms with Crippen LogP contribution in [0.4, 0.5) is 5.69 Å². The van der Waals surface area contributed by atoms with E-state index in [9.17, 15) is 9.59 Å². The fraction of sp³-hybridized carbons (Fsp3) is 0.227. The molecule has 3 rings (SSSR count). The monoisotopic (exact) mass is 409 g/mol. The van der Waals surface area contributed by atoms with E-state index in [1.54, 1.807) is 6.92 Å². The Morgan fingerprint density at radius 2 is 1.76 bits per heavy atom. The number of rotatable bonds is 6. The summed E-state index contributed by atoms with van der Waals surface area (Å²) in [6, 6.07) is 18.4. The molecule has 1 aliphatic heterocycles. The number of allylic oxidation sites excluding steroid dienone is 1. The number of hydrogen-bond donors (Lipinski definition) is 2. The van der Waals surface area contributed by atoms with Crippen LogP contribution < -0.4 is 10.6 Å². The van der Waals surface area contributed by atoms with Gasteiger partial charge in [0.15, 0.2) is 5.17 Å². The summed E-state index contributed by atoms with van der Waals surface area (Å²) in [5.41, 5.74) is 2.80. The molecule has 0 saturated carbocycles. The Balaban J connectivity index is 1.74. The van der Waals surface area contributed by atoms with Crippen LogP contribution in [0.3, 0.4) is 0 Å². The molecule has 1 heterocycles. The number of hydrogen-bond acceptors (Lipinski definition) is 6. The van der Waals surface area contributed by atoms with Gasteiger partial charge in [0.05, 0.1) is 17.9 Å². The smallest absolute Gasteiger partial charge is 0.338 e. The van der Waals surface area contributed by atoms with Crippen LogP contribution in [0.1, 0.15) is 25.5 Å². The number of carbonyl (C=O) groups is 2. The Morgan fingerprint density at radius 3 is 2.41 bits per heavy atom. The number of ether oxygens (including phenoxy) is 1. The summed E-state index contributed by atoms with van der Waals surface area (Å²) in [5, 5.41) is 6.58. The third kappa shape index (κ3) is 5.48. The van der Waals surface area contributed by atoms with Crippen LogP contribution in [0.15, 0.2) is 76.9 Å². The number of carbonyl (C=O) groups excluding carboxylic acids is 2. The van der Waals surface area contributed by atoms with Crippen molar-refractivity contribution in [2.75, 3.05) is 17.7 Å². The lowest BCUT2D eigenvalue weighted by Crippen LogP contribution is -2.31. The molecule has 0 bridgehead atoms. The van der Waals surface area contributed by atoms with E-state index in [0.717, 1.165) is 11.3 Å². The Morgan fingerprint density at radius 1 is 1.10 bits per heavy atom. The third-order valence-electron chi connectivity index (χ3n) is 4.23. The SMILES string of the molecule is CCOC(=O)C1=C(C)NC(SCC(=O)Nc2ccccc2)=N[C@@H]1c1ccccc1. The van der Waals surface area contributed by atoms with Gasteiger partial charge in [0.1, 0.15) is 6.04 Å². The van der Waals surface area contributed by atoms with Crippen molar-refractivity contribution in [2.45, 2.75) is 19.9 Å². The molecule has 1 atom stereocenters. The van der Waals surface area contributed by atoms with Crippen LogP contribution >= 0.6 is 11.8 Å². The predicted octanol–water partition coefficient (Wildman–Crippen LogP) is 3.90. The molecule has 2 aromatic carbocycles. The van der Waals surface area contributed by atoms with Crippen molar-refractivity contribution >= 4 is 34.5 Å². The average Bonchev–Trinajstić information content (AvgIpc) is 2.73. The van der Waals surface area contributed by atoms with Crippen LogP contribution in [-0.4, -0.2) is 29.4 Å². The van der Waals surface area contributed by atoms with Gasteiger partial charge in [-0.3, -0.25) is 4.79 Å². The topological polar surface area (TPSA) is 79.8 Å². The molecule has 0 aromatic heterocycles. The minimum Gasteiger partial charge on any atom is -0.463 e. The minimum absolute atomic E-state index is 0.125. The first-order chi connectivity index (χ1) is 14.1. The van der Waals surface area contributed by atoms with E-state index in [1.807, 2.05) is 67.6 Å². The number of nitrogens with one attached hydrogen (secondary N) is 2. The zero-order chi connectivity index (χ0) is 20.6. The maximum atomic E-state index is 12.5. The molecule has 0 unspecified atom stereocenters. The molecule has 0 aliphatic carbocycles. The van der Waals surface area contributed by atoms with Crippen molar-refractivity contribution < 1.29 is 14.3 Å². The van der Waals surface area contributed by atoms with Gasteiger partial charge in [0.2, 0.25) is 5.91 Å². The molecule has 0 saturated heterocycles. The first-order valence-electron chi connectivity index (χ1n) is 9.34. The van der Waals surface area contributed by atoms with Crippen molar-refractivity contribution in [2.24, 2.45) is 4.99 Å². The van der Waals surface area contributed by atoms with Crippen molar-refractivity contribution in [3.63, 3.8) is 0 Å². The van der Waals surface area contributed by atoms with E-state index >= 15 is 0 Å². The van der Waals surface area contributed by atoms with Crippen molar-refractivity contribution in [1.82, 2.24) is 5.32 Å². The summed E-state index contributed by atoms with van der Waals surface area (Å²) < 4.78 is 5.23. The molecule has 0 spiro atoms. The van der Waals surface area contributed by atoms with E-state index in [4.69, 9.17) is 9.73 Å². The molecule has 150 valence electrons. The number of aliphatic imine (C=N–C) groups is 1. The Kier molecular flexibility index (Phi) is 7.08. The Bertz CT molecular complexity index is 927. The molecule has 6 nitrogen and oxygen atoms in total. The zero-order valence-electron chi connectivity index (χ0n) is 16.3. The Labute approximate surface area is 174 Å². The number of nitrogens with zero attached hydrogens (tertiary/aromatic N) is 1. The minimum atomic E-state index is -0.476. The predicted molar refractivity (Wildman–Crippen MR) is 117 cm³/mol. The highest BCUT2D eigenvalue weighted by Gasteiger charge is 2.30. The molecule has 7 heteroatoms. The van der Waals surface area contributed by atoms with Crippen molar-refractivity contribution in [1.29, 1.82) is 0 Å². The standard InChI is InChI=1S/C22H23N3O3S/c1-3-28-21(27)19-15(2)23-22(25-20(19)16-10-6-4-7-11-16)29-14-18(26)24-17-12-8-5-9-13-17/h4-13,20H,3,14H2,1-2H3,(H,23,25)(H,24,26)/t20-/m1/s1.